The van der Waals surface area contributed by atoms with Crippen LogP contribution in [-0.4, -0.2) is 32.7 Å². The van der Waals surface area contributed by atoms with Gasteiger partial charge in [-0.2, -0.15) is 4.98 Å². The molecule has 6 heteroatoms. The van der Waals surface area contributed by atoms with Crippen molar-refractivity contribution >= 4 is 5.65 Å². The van der Waals surface area contributed by atoms with E-state index in [1.165, 1.54) is 0 Å². The fourth-order valence-electron chi connectivity index (χ4n) is 2.49. The molecule has 0 unspecified atom stereocenters. The van der Waals surface area contributed by atoms with Crippen LogP contribution in [0.3, 0.4) is 0 Å². The first kappa shape index (κ1) is 11.6. The monoisotopic (exact) mass is 270 g/mol. The van der Waals surface area contributed by atoms with Gasteiger partial charge in [0.25, 0.3) is 5.89 Å². The molecule has 1 atom stereocenters. The first-order valence-electron chi connectivity index (χ1n) is 6.68. The van der Waals surface area contributed by atoms with Crippen LogP contribution in [-0.2, 0) is 4.74 Å². The van der Waals surface area contributed by atoms with Gasteiger partial charge in [-0.25, -0.2) is 4.98 Å². The minimum Gasteiger partial charge on any atom is -0.381 e. The van der Waals surface area contributed by atoms with Gasteiger partial charge in [-0.15, -0.1) is 0 Å². The molecule has 0 saturated carbocycles. The van der Waals surface area contributed by atoms with Gasteiger partial charge in [0.2, 0.25) is 0 Å². The van der Waals surface area contributed by atoms with Crippen molar-refractivity contribution in [2.24, 2.45) is 0 Å². The Morgan fingerprint density at radius 2 is 2.25 bits per heavy atom. The lowest BCUT2D eigenvalue weighted by molar-refractivity contribution is 0.192. The fourth-order valence-corrected chi connectivity index (χ4v) is 2.49. The lowest BCUT2D eigenvalue weighted by Gasteiger charge is -1.97. The maximum Gasteiger partial charge on any atom is 0.278 e. The number of aromatic nitrogens is 4. The zero-order valence-electron chi connectivity index (χ0n) is 11.1. The minimum absolute atomic E-state index is 0.242. The van der Waals surface area contributed by atoms with Gasteiger partial charge in [0.1, 0.15) is 11.3 Å². The highest BCUT2D eigenvalue weighted by Gasteiger charge is 2.24. The summed E-state index contributed by atoms with van der Waals surface area (Å²) in [5.74, 6) is 1.42. The third-order valence-corrected chi connectivity index (χ3v) is 3.65. The number of ether oxygens (including phenoxy) is 1. The van der Waals surface area contributed by atoms with Gasteiger partial charge in [-0.3, -0.25) is 0 Å². The molecule has 0 radical (unpaired) electrons. The van der Waals surface area contributed by atoms with Crippen molar-refractivity contribution in [1.29, 1.82) is 0 Å². The molecule has 3 aromatic rings. The van der Waals surface area contributed by atoms with Crippen LogP contribution in [0.5, 0.6) is 0 Å². The molecule has 1 aliphatic heterocycles. The number of imidazole rings is 1. The van der Waals surface area contributed by atoms with Gasteiger partial charge < -0.3 is 13.7 Å². The van der Waals surface area contributed by atoms with Crippen molar-refractivity contribution in [2.75, 3.05) is 13.2 Å². The van der Waals surface area contributed by atoms with E-state index in [4.69, 9.17) is 9.26 Å². The fraction of sp³-hybridized carbons (Fsp3) is 0.357. The largest absolute Gasteiger partial charge is 0.381 e. The molecule has 1 aliphatic rings. The van der Waals surface area contributed by atoms with Gasteiger partial charge in [0.15, 0.2) is 5.82 Å². The van der Waals surface area contributed by atoms with E-state index in [0.717, 1.165) is 24.4 Å². The van der Waals surface area contributed by atoms with Gasteiger partial charge in [0, 0.05) is 24.4 Å². The Morgan fingerprint density at radius 3 is 3.05 bits per heavy atom. The summed E-state index contributed by atoms with van der Waals surface area (Å²) in [6.45, 7) is 3.47. The Morgan fingerprint density at radius 1 is 1.30 bits per heavy atom. The Hall–Kier alpha value is -2.21. The van der Waals surface area contributed by atoms with Crippen molar-refractivity contribution in [3.8, 4) is 11.6 Å². The SMILES string of the molecule is Cc1cccc2nc(-c3nc([C@@H]4CCOC4)no3)cn12. The first-order chi connectivity index (χ1) is 9.81. The summed E-state index contributed by atoms with van der Waals surface area (Å²) in [6, 6.07) is 5.97. The van der Waals surface area contributed by atoms with Crippen LogP contribution in [0.2, 0.25) is 0 Å². The summed E-state index contributed by atoms with van der Waals surface area (Å²) < 4.78 is 12.7. The van der Waals surface area contributed by atoms with Crippen molar-refractivity contribution in [2.45, 2.75) is 19.3 Å². The van der Waals surface area contributed by atoms with Crippen LogP contribution in [0.1, 0.15) is 23.9 Å². The topological polar surface area (TPSA) is 65.5 Å². The predicted octanol–water partition coefficient (Wildman–Crippen LogP) is 2.20. The molecule has 4 rings (SSSR count). The second-order valence-corrected chi connectivity index (χ2v) is 5.04. The molecule has 102 valence electrons. The summed E-state index contributed by atoms with van der Waals surface area (Å²) in [7, 11) is 0. The Bertz CT molecular complexity index is 755. The Balaban J connectivity index is 1.73. The van der Waals surface area contributed by atoms with E-state index in [0.29, 0.717) is 24.0 Å². The van der Waals surface area contributed by atoms with Crippen LogP contribution in [0, 0.1) is 6.92 Å². The number of nitrogens with zero attached hydrogens (tertiary/aromatic N) is 4. The van der Waals surface area contributed by atoms with Crippen molar-refractivity contribution < 1.29 is 9.26 Å². The summed E-state index contributed by atoms with van der Waals surface area (Å²) in [4.78, 5) is 8.97. The van der Waals surface area contributed by atoms with E-state index in [1.807, 2.05) is 35.7 Å². The second kappa shape index (κ2) is 4.42. The highest BCUT2D eigenvalue weighted by atomic mass is 16.5. The van der Waals surface area contributed by atoms with E-state index in [9.17, 15) is 0 Å². The van der Waals surface area contributed by atoms with Crippen molar-refractivity contribution in [3.63, 3.8) is 0 Å². The van der Waals surface area contributed by atoms with Crippen LogP contribution < -0.4 is 0 Å². The van der Waals surface area contributed by atoms with Crippen LogP contribution in [0.4, 0.5) is 0 Å². The second-order valence-electron chi connectivity index (χ2n) is 5.04. The van der Waals surface area contributed by atoms with Crippen LogP contribution in [0.15, 0.2) is 28.9 Å². The maximum absolute atomic E-state index is 5.35. The molecular formula is C14H14N4O2. The summed E-state index contributed by atoms with van der Waals surface area (Å²) in [5, 5.41) is 4.05. The Labute approximate surface area is 115 Å². The number of aryl methyl sites for hydroxylation is 1. The molecule has 0 amide bonds. The van der Waals surface area contributed by atoms with E-state index >= 15 is 0 Å². The molecular weight excluding hydrogens is 256 g/mol. The van der Waals surface area contributed by atoms with Crippen LogP contribution in [0.25, 0.3) is 17.2 Å². The maximum atomic E-state index is 5.35. The molecule has 1 saturated heterocycles. The highest BCUT2D eigenvalue weighted by Crippen LogP contribution is 2.25. The minimum atomic E-state index is 0.242. The molecule has 0 aliphatic carbocycles. The number of pyridine rings is 1. The molecule has 3 aromatic heterocycles. The molecule has 6 nitrogen and oxygen atoms in total. The third kappa shape index (κ3) is 1.80. The lowest BCUT2D eigenvalue weighted by atomic mass is 10.1. The number of hydrogen-bond acceptors (Lipinski definition) is 5. The molecule has 0 aromatic carbocycles. The van der Waals surface area contributed by atoms with Gasteiger partial charge >= 0.3 is 0 Å². The average Bonchev–Trinajstić information content (AvgIpc) is 3.18. The lowest BCUT2D eigenvalue weighted by Crippen LogP contribution is -1.99. The van der Waals surface area contributed by atoms with E-state index < -0.39 is 0 Å². The van der Waals surface area contributed by atoms with Gasteiger partial charge in [-0.1, -0.05) is 11.2 Å². The highest BCUT2D eigenvalue weighted by molar-refractivity contribution is 5.54. The van der Waals surface area contributed by atoms with E-state index in [-0.39, 0.29) is 5.92 Å². The molecule has 20 heavy (non-hydrogen) atoms. The number of rotatable bonds is 2. The smallest absolute Gasteiger partial charge is 0.278 e. The van der Waals surface area contributed by atoms with Gasteiger partial charge in [-0.05, 0) is 25.5 Å². The summed E-state index contributed by atoms with van der Waals surface area (Å²) in [5.41, 5.74) is 2.70. The zero-order chi connectivity index (χ0) is 13.5. The summed E-state index contributed by atoms with van der Waals surface area (Å²) in [6.07, 6.45) is 2.87. The Kier molecular flexibility index (Phi) is 2.56. The third-order valence-electron chi connectivity index (χ3n) is 3.65. The summed E-state index contributed by atoms with van der Waals surface area (Å²) >= 11 is 0. The average molecular weight is 270 g/mol. The molecule has 0 N–H and O–H groups in total. The normalized spacial score (nSPS) is 18.9. The van der Waals surface area contributed by atoms with E-state index in [2.05, 4.69) is 15.1 Å². The van der Waals surface area contributed by atoms with E-state index in [1.54, 1.807) is 0 Å². The zero-order valence-corrected chi connectivity index (χ0v) is 11.1. The molecule has 0 bridgehead atoms. The predicted molar refractivity (Wildman–Crippen MR) is 71.4 cm³/mol. The number of hydrogen-bond donors (Lipinski definition) is 0. The first-order valence-corrected chi connectivity index (χ1v) is 6.68. The number of fused-ring (bicyclic) bond motifs is 1. The molecule has 0 spiro atoms. The quantitative estimate of drug-likeness (QED) is 0.714. The van der Waals surface area contributed by atoms with Crippen LogP contribution >= 0.6 is 0 Å². The van der Waals surface area contributed by atoms with Crippen molar-refractivity contribution in [3.05, 3.63) is 35.9 Å². The van der Waals surface area contributed by atoms with Gasteiger partial charge in [0.05, 0.1) is 6.61 Å². The molecule has 4 heterocycles. The standard InChI is InChI=1S/C14H14N4O2/c1-9-3-2-4-12-15-11(7-18(9)12)14-16-13(17-20-14)10-5-6-19-8-10/h2-4,7,10H,5-6,8H2,1H3/t10-/m1/s1. The molecule has 1 fully saturated rings. The van der Waals surface area contributed by atoms with Crippen molar-refractivity contribution in [1.82, 2.24) is 19.5 Å².